The highest BCUT2D eigenvalue weighted by Gasteiger charge is 2.56. The van der Waals surface area contributed by atoms with Gasteiger partial charge < -0.3 is 14.4 Å². The van der Waals surface area contributed by atoms with Gasteiger partial charge in [-0.15, -0.1) is 0 Å². The molecular weight excluding hydrogens is 466 g/mol. The number of fused-ring (bicyclic) bond motifs is 1. The van der Waals surface area contributed by atoms with E-state index in [1.54, 1.807) is 19.1 Å². The second kappa shape index (κ2) is 9.81. The number of aromatic nitrogens is 1. The summed E-state index contributed by atoms with van der Waals surface area (Å²) in [6, 6.07) is 10.7. The van der Waals surface area contributed by atoms with E-state index in [-0.39, 0.29) is 46.5 Å². The Morgan fingerprint density at radius 3 is 2.43 bits per heavy atom. The number of rotatable bonds is 9. The number of hydrogen-bond donors (Lipinski definition) is 1. The molecule has 0 aliphatic carbocycles. The number of carbonyl (C=O) groups is 1. The Morgan fingerprint density at radius 2 is 1.77 bits per heavy atom. The third kappa shape index (κ3) is 5.73. The van der Waals surface area contributed by atoms with E-state index in [2.05, 4.69) is 0 Å². The van der Waals surface area contributed by atoms with Gasteiger partial charge in [0.25, 0.3) is 0 Å². The molecule has 1 N–H and O–H groups in total. The molecule has 1 aromatic heterocycles. The zero-order chi connectivity index (χ0) is 26.0. The summed E-state index contributed by atoms with van der Waals surface area (Å²) in [5.41, 5.74) is -4.68. The van der Waals surface area contributed by atoms with Gasteiger partial charge in [0.2, 0.25) is 0 Å². The zero-order valence-corrected chi connectivity index (χ0v) is 19.7. The molecule has 9 heteroatoms. The maximum atomic E-state index is 14.3. The molecule has 0 aliphatic rings. The normalized spacial score (nSPS) is 14.1. The Balaban J connectivity index is 2.03. The Morgan fingerprint density at radius 1 is 1.09 bits per heavy atom. The number of nitrogens with zero attached hydrogens (tertiary/aromatic N) is 1. The number of para-hydroxylation sites is 1. The van der Waals surface area contributed by atoms with Crippen LogP contribution in [-0.2, 0) is 16.8 Å². The molecule has 3 aromatic rings. The van der Waals surface area contributed by atoms with E-state index in [1.807, 2.05) is 0 Å². The van der Waals surface area contributed by atoms with Gasteiger partial charge in [-0.3, -0.25) is 9.59 Å². The molecular formula is C26H27F4NO4. The van der Waals surface area contributed by atoms with Gasteiger partial charge in [0, 0.05) is 29.6 Å². The van der Waals surface area contributed by atoms with Crippen molar-refractivity contribution in [1.29, 1.82) is 0 Å². The fourth-order valence-electron chi connectivity index (χ4n) is 4.17. The maximum Gasteiger partial charge on any atom is 0.418 e. The first-order valence-corrected chi connectivity index (χ1v) is 11.1. The lowest BCUT2D eigenvalue weighted by Gasteiger charge is -2.39. The van der Waals surface area contributed by atoms with Crippen molar-refractivity contribution in [2.24, 2.45) is 0 Å². The first-order chi connectivity index (χ1) is 16.3. The van der Waals surface area contributed by atoms with Crippen LogP contribution in [0.25, 0.3) is 10.9 Å². The summed E-state index contributed by atoms with van der Waals surface area (Å²) in [7, 11) is 0. The molecule has 188 valence electrons. The number of aliphatic hydroxyl groups is 1. The highest BCUT2D eigenvalue weighted by molar-refractivity contribution is 5.79. The third-order valence-corrected chi connectivity index (χ3v) is 6.03. The van der Waals surface area contributed by atoms with Crippen molar-refractivity contribution < 1.29 is 32.2 Å². The quantitative estimate of drug-likeness (QED) is 0.418. The van der Waals surface area contributed by atoms with Crippen LogP contribution in [0.4, 0.5) is 17.6 Å². The molecule has 5 nitrogen and oxygen atoms in total. The first kappa shape index (κ1) is 26.4. The van der Waals surface area contributed by atoms with Crippen LogP contribution in [0.1, 0.15) is 39.2 Å². The van der Waals surface area contributed by atoms with Gasteiger partial charge in [-0.2, -0.15) is 13.2 Å². The van der Waals surface area contributed by atoms with Gasteiger partial charge in [-0.05, 0) is 42.2 Å². The number of pyridine rings is 1. The minimum absolute atomic E-state index is 0.0662. The monoisotopic (exact) mass is 493 g/mol. The summed E-state index contributed by atoms with van der Waals surface area (Å²) in [6.45, 7) is 3.33. The number of alkyl halides is 3. The fraction of sp³-hybridized carbons (Fsp3) is 0.385. The van der Waals surface area contributed by atoms with E-state index >= 15 is 0 Å². The Kier molecular flexibility index (Phi) is 7.40. The molecule has 3 rings (SSSR count). The van der Waals surface area contributed by atoms with Crippen LogP contribution in [-0.4, -0.2) is 33.8 Å². The van der Waals surface area contributed by atoms with E-state index in [1.165, 1.54) is 42.8 Å². The van der Waals surface area contributed by atoms with Crippen molar-refractivity contribution in [2.45, 2.75) is 57.3 Å². The number of ketones is 1. The molecule has 0 aliphatic heterocycles. The minimum Gasteiger partial charge on any atom is -0.486 e. The predicted molar refractivity (Wildman–Crippen MR) is 124 cm³/mol. The van der Waals surface area contributed by atoms with Gasteiger partial charge in [-0.25, -0.2) is 4.39 Å². The average Bonchev–Trinajstić information content (AvgIpc) is 2.79. The topological polar surface area (TPSA) is 68.5 Å². The SMILES string of the molecule is CCC(=O)COc1ccc(F)cc1C(C)(C)CC(O)(Cn1ccc(=O)c2ccccc21)C(F)(F)F. The van der Waals surface area contributed by atoms with E-state index < -0.39 is 36.0 Å². The van der Waals surface area contributed by atoms with Crippen LogP contribution < -0.4 is 10.2 Å². The Bertz CT molecular complexity index is 1280. The molecule has 1 heterocycles. The highest BCUT2D eigenvalue weighted by Crippen LogP contribution is 2.44. The number of halogens is 4. The molecule has 0 amide bonds. The number of hydrogen-bond acceptors (Lipinski definition) is 4. The fourth-order valence-corrected chi connectivity index (χ4v) is 4.17. The van der Waals surface area contributed by atoms with Crippen LogP contribution in [0.3, 0.4) is 0 Å². The summed E-state index contributed by atoms with van der Waals surface area (Å²) in [5.74, 6) is -0.851. The van der Waals surface area contributed by atoms with Crippen LogP contribution in [0.5, 0.6) is 5.75 Å². The molecule has 35 heavy (non-hydrogen) atoms. The summed E-state index contributed by atoms with van der Waals surface area (Å²) < 4.78 is 63.8. The van der Waals surface area contributed by atoms with Crippen molar-refractivity contribution in [1.82, 2.24) is 4.57 Å². The van der Waals surface area contributed by atoms with Crippen LogP contribution in [0, 0.1) is 5.82 Å². The summed E-state index contributed by atoms with van der Waals surface area (Å²) in [5, 5.41) is 11.3. The van der Waals surface area contributed by atoms with Gasteiger partial charge in [0.15, 0.2) is 16.8 Å². The van der Waals surface area contributed by atoms with E-state index in [9.17, 15) is 32.3 Å². The molecule has 0 bridgehead atoms. The summed E-state index contributed by atoms with van der Waals surface area (Å²) in [4.78, 5) is 23.8. The molecule has 0 saturated carbocycles. The van der Waals surface area contributed by atoms with E-state index in [4.69, 9.17) is 4.74 Å². The Labute approximate surface area is 200 Å². The molecule has 1 unspecified atom stereocenters. The number of ether oxygens (including phenoxy) is 1. The number of carbonyl (C=O) groups excluding carboxylic acids is 1. The summed E-state index contributed by atoms with van der Waals surface area (Å²) >= 11 is 0. The largest absolute Gasteiger partial charge is 0.486 e. The van der Waals surface area contributed by atoms with E-state index in [0.29, 0.717) is 0 Å². The van der Waals surface area contributed by atoms with Crippen LogP contribution in [0.2, 0.25) is 0 Å². The smallest absolute Gasteiger partial charge is 0.418 e. The molecule has 0 saturated heterocycles. The molecule has 0 fully saturated rings. The number of Topliss-reactive ketones (excluding diaryl/α,β-unsaturated/α-hetero) is 1. The van der Waals surface area contributed by atoms with Crippen molar-refractivity contribution in [3.05, 3.63) is 76.3 Å². The third-order valence-electron chi connectivity index (χ3n) is 6.03. The Hall–Kier alpha value is -3.20. The second-order valence-corrected chi connectivity index (χ2v) is 9.24. The highest BCUT2D eigenvalue weighted by atomic mass is 19.4. The van der Waals surface area contributed by atoms with Crippen molar-refractivity contribution in [3.8, 4) is 5.75 Å². The molecule has 0 spiro atoms. The lowest BCUT2D eigenvalue weighted by Crippen LogP contribution is -2.52. The van der Waals surface area contributed by atoms with Gasteiger partial charge in [-0.1, -0.05) is 32.9 Å². The maximum absolute atomic E-state index is 14.3. The summed E-state index contributed by atoms with van der Waals surface area (Å²) in [6.07, 6.45) is -4.48. The van der Waals surface area contributed by atoms with Gasteiger partial charge in [0.05, 0.1) is 12.1 Å². The number of benzene rings is 2. The van der Waals surface area contributed by atoms with Gasteiger partial charge in [0.1, 0.15) is 18.2 Å². The minimum atomic E-state index is -5.05. The van der Waals surface area contributed by atoms with Crippen molar-refractivity contribution in [3.63, 3.8) is 0 Å². The zero-order valence-electron chi connectivity index (χ0n) is 19.7. The van der Waals surface area contributed by atoms with Crippen molar-refractivity contribution in [2.75, 3.05) is 6.61 Å². The predicted octanol–water partition coefficient (Wildman–Crippen LogP) is 5.16. The standard InChI is InChI=1S/C26H27F4NO4/c1-4-18(32)14-35-23-10-9-17(27)13-20(23)24(2,3)15-25(34,26(28,29)30)16-31-12-11-22(33)19-7-5-6-8-21(19)31/h5-13,34H,4,14-16H2,1-3H3. The van der Waals surface area contributed by atoms with E-state index in [0.717, 1.165) is 18.2 Å². The first-order valence-electron chi connectivity index (χ1n) is 11.1. The average molecular weight is 493 g/mol. The van der Waals surface area contributed by atoms with Gasteiger partial charge >= 0.3 is 6.18 Å². The molecule has 1 atom stereocenters. The second-order valence-electron chi connectivity index (χ2n) is 9.24. The van der Waals surface area contributed by atoms with Crippen LogP contribution >= 0.6 is 0 Å². The molecule has 2 aromatic carbocycles. The lowest BCUT2D eigenvalue weighted by atomic mass is 9.74. The lowest BCUT2D eigenvalue weighted by molar-refractivity contribution is -0.271. The van der Waals surface area contributed by atoms with Crippen LogP contribution in [0.15, 0.2) is 59.5 Å². The van der Waals surface area contributed by atoms with Crippen molar-refractivity contribution >= 4 is 16.7 Å². The molecule has 0 radical (unpaired) electrons.